The predicted molar refractivity (Wildman–Crippen MR) is 129 cm³/mol. The van der Waals surface area contributed by atoms with E-state index in [1.54, 1.807) is 23.1 Å². The van der Waals surface area contributed by atoms with E-state index in [9.17, 15) is 18.3 Å². The van der Waals surface area contributed by atoms with Crippen molar-refractivity contribution >= 4 is 62.1 Å². The quantitative estimate of drug-likeness (QED) is 0.479. The van der Waals surface area contributed by atoms with Crippen LogP contribution in [0.1, 0.15) is 35.0 Å². The fraction of sp³-hybridized carbons (Fsp3) is 0.182. The van der Waals surface area contributed by atoms with Gasteiger partial charge in [0.2, 0.25) is 0 Å². The van der Waals surface area contributed by atoms with Crippen molar-refractivity contribution in [3.05, 3.63) is 81.1 Å². The number of hydrogen-bond acceptors (Lipinski definition) is 5. The van der Waals surface area contributed by atoms with Gasteiger partial charge in [0.25, 0.3) is 15.9 Å². The minimum Gasteiger partial charge on any atom is -0.388 e. The van der Waals surface area contributed by atoms with E-state index >= 15 is 0 Å². The predicted octanol–water partition coefficient (Wildman–Crippen LogP) is 5.32. The summed E-state index contributed by atoms with van der Waals surface area (Å²) in [6.07, 6.45) is 1.62. The van der Waals surface area contributed by atoms with E-state index in [1.165, 1.54) is 36.5 Å². The van der Waals surface area contributed by atoms with Crippen LogP contribution < -0.4 is 9.62 Å². The van der Waals surface area contributed by atoms with E-state index in [-0.39, 0.29) is 32.2 Å². The second kappa shape index (κ2) is 9.48. The van der Waals surface area contributed by atoms with E-state index in [2.05, 4.69) is 9.71 Å². The first kappa shape index (κ1) is 23.8. The number of fused-ring (bicyclic) bond motifs is 1. The highest BCUT2D eigenvalue weighted by Gasteiger charge is 2.27. The minimum absolute atomic E-state index is 0.0220. The number of carbonyl (C=O) groups is 1. The van der Waals surface area contributed by atoms with Gasteiger partial charge in [0.15, 0.2) is 0 Å². The maximum absolute atomic E-state index is 13.2. The second-order valence-electron chi connectivity index (χ2n) is 7.43. The number of pyridine rings is 1. The molecule has 1 amide bonds. The largest absolute Gasteiger partial charge is 0.388 e. The molecule has 172 valence electrons. The first-order valence-electron chi connectivity index (χ1n) is 9.89. The molecule has 7 nitrogen and oxygen atoms in total. The summed E-state index contributed by atoms with van der Waals surface area (Å²) in [4.78, 5) is 18.7. The summed E-state index contributed by atoms with van der Waals surface area (Å²) in [5.41, 5.74) is 1.42. The Morgan fingerprint density at radius 3 is 2.52 bits per heavy atom. The highest BCUT2D eigenvalue weighted by molar-refractivity contribution is 7.92. The van der Waals surface area contributed by atoms with Crippen molar-refractivity contribution < 1.29 is 18.3 Å². The van der Waals surface area contributed by atoms with E-state index in [0.29, 0.717) is 35.7 Å². The third kappa shape index (κ3) is 5.10. The van der Waals surface area contributed by atoms with Crippen molar-refractivity contribution in [1.82, 2.24) is 4.98 Å². The van der Waals surface area contributed by atoms with Gasteiger partial charge in [0, 0.05) is 27.8 Å². The lowest BCUT2D eigenvalue weighted by molar-refractivity contribution is 0.0982. The molecule has 0 saturated heterocycles. The lowest BCUT2D eigenvalue weighted by Crippen LogP contribution is -2.32. The molecule has 2 heterocycles. The molecule has 2 aromatic carbocycles. The Kier molecular flexibility index (Phi) is 6.83. The average molecular weight is 527 g/mol. The molecule has 0 saturated carbocycles. The van der Waals surface area contributed by atoms with Crippen molar-refractivity contribution in [2.75, 3.05) is 16.2 Å². The molecule has 2 N–H and O–H groups in total. The first-order valence-corrected chi connectivity index (χ1v) is 12.5. The molecule has 1 unspecified atom stereocenters. The van der Waals surface area contributed by atoms with Crippen LogP contribution in [0.25, 0.3) is 0 Å². The smallest absolute Gasteiger partial charge is 0.276 e. The monoisotopic (exact) mass is 525 g/mol. The number of nitrogens with one attached hydrogen (secondary N) is 1. The van der Waals surface area contributed by atoms with Crippen LogP contribution in [0.2, 0.25) is 15.1 Å². The molecule has 4 rings (SSSR count). The molecule has 1 aliphatic heterocycles. The highest BCUT2D eigenvalue weighted by atomic mass is 35.5. The summed E-state index contributed by atoms with van der Waals surface area (Å²) in [6.45, 7) is 0.397. The zero-order valence-corrected chi connectivity index (χ0v) is 20.1. The Morgan fingerprint density at radius 1 is 1.06 bits per heavy atom. The van der Waals surface area contributed by atoms with Crippen LogP contribution in [0.4, 0.5) is 11.4 Å². The SMILES string of the molecule is O=C(c1ccc(NS(=O)(=O)c2cc(Cl)ccc2Cl)cn1)N1CCCC(O)c2cc(Cl)ccc21. The van der Waals surface area contributed by atoms with Crippen LogP contribution in [0.3, 0.4) is 0 Å². The Hall–Kier alpha value is -2.36. The van der Waals surface area contributed by atoms with Gasteiger partial charge in [-0.15, -0.1) is 0 Å². The molecule has 1 aliphatic rings. The number of aromatic nitrogens is 1. The molecule has 0 fully saturated rings. The minimum atomic E-state index is -4.02. The van der Waals surface area contributed by atoms with Gasteiger partial charge in [-0.2, -0.15) is 0 Å². The summed E-state index contributed by atoms with van der Waals surface area (Å²) in [5, 5.41) is 11.1. The number of rotatable bonds is 4. The lowest BCUT2D eigenvalue weighted by atomic mass is 10.0. The van der Waals surface area contributed by atoms with E-state index in [4.69, 9.17) is 34.8 Å². The molecule has 0 radical (unpaired) electrons. The van der Waals surface area contributed by atoms with Crippen LogP contribution in [0.15, 0.2) is 59.6 Å². The highest BCUT2D eigenvalue weighted by Crippen LogP contribution is 2.35. The number of sulfonamides is 1. The van der Waals surface area contributed by atoms with E-state index < -0.39 is 16.1 Å². The number of aliphatic hydroxyl groups is 1. The summed E-state index contributed by atoms with van der Waals surface area (Å²) in [5.74, 6) is -0.375. The Labute approximate surface area is 206 Å². The zero-order chi connectivity index (χ0) is 23.8. The second-order valence-corrected chi connectivity index (χ2v) is 10.4. The third-order valence-corrected chi connectivity index (χ3v) is 7.49. The number of hydrogen-bond donors (Lipinski definition) is 2. The summed E-state index contributed by atoms with van der Waals surface area (Å²) < 4.78 is 27.7. The average Bonchev–Trinajstić information content (AvgIpc) is 2.94. The van der Waals surface area contributed by atoms with Crippen molar-refractivity contribution in [3.63, 3.8) is 0 Å². The van der Waals surface area contributed by atoms with Gasteiger partial charge in [0.1, 0.15) is 10.6 Å². The fourth-order valence-corrected chi connectivity index (χ4v) is 5.57. The van der Waals surface area contributed by atoms with Crippen molar-refractivity contribution in [2.24, 2.45) is 0 Å². The van der Waals surface area contributed by atoms with Gasteiger partial charge >= 0.3 is 0 Å². The van der Waals surface area contributed by atoms with Crippen LogP contribution in [0, 0.1) is 0 Å². The number of anilines is 2. The molecule has 1 aromatic heterocycles. The molecule has 1 atom stereocenters. The maximum Gasteiger partial charge on any atom is 0.276 e. The lowest BCUT2D eigenvalue weighted by Gasteiger charge is -2.23. The number of aliphatic hydroxyl groups excluding tert-OH is 1. The van der Waals surface area contributed by atoms with Gasteiger partial charge in [0.05, 0.1) is 23.0 Å². The molecular weight excluding hydrogens is 509 g/mol. The van der Waals surface area contributed by atoms with E-state index in [0.717, 1.165) is 0 Å². The number of carbonyl (C=O) groups excluding carboxylic acids is 1. The van der Waals surface area contributed by atoms with Crippen LogP contribution >= 0.6 is 34.8 Å². The normalized spacial score (nSPS) is 16.1. The number of nitrogens with zero attached hydrogens (tertiary/aromatic N) is 2. The molecule has 33 heavy (non-hydrogen) atoms. The van der Waals surface area contributed by atoms with Gasteiger partial charge in [-0.3, -0.25) is 9.52 Å². The Balaban J connectivity index is 1.58. The van der Waals surface area contributed by atoms with Gasteiger partial charge < -0.3 is 10.0 Å². The van der Waals surface area contributed by atoms with Crippen molar-refractivity contribution in [3.8, 4) is 0 Å². The summed E-state index contributed by atoms with van der Waals surface area (Å²) in [7, 11) is -4.02. The van der Waals surface area contributed by atoms with Gasteiger partial charge in [-0.25, -0.2) is 13.4 Å². The topological polar surface area (TPSA) is 99.6 Å². The molecule has 3 aromatic rings. The molecule has 11 heteroatoms. The first-order chi connectivity index (χ1) is 15.7. The summed E-state index contributed by atoms with van der Waals surface area (Å²) >= 11 is 18.0. The number of amides is 1. The van der Waals surface area contributed by atoms with E-state index in [1.807, 2.05) is 0 Å². The number of halogens is 3. The van der Waals surface area contributed by atoms with Crippen LogP contribution in [-0.2, 0) is 10.0 Å². The third-order valence-electron chi connectivity index (χ3n) is 5.16. The molecule has 0 aliphatic carbocycles. The molecule has 0 spiro atoms. The van der Waals surface area contributed by atoms with Crippen LogP contribution in [-0.4, -0.2) is 31.0 Å². The molecule has 0 bridgehead atoms. The van der Waals surface area contributed by atoms with Crippen molar-refractivity contribution in [2.45, 2.75) is 23.8 Å². The standard InChI is InChI=1S/C22H18Cl3N3O4S/c23-13-4-8-19-16(10-13)20(29)2-1-9-28(19)22(30)18-7-5-15(12-26-18)27-33(31,32)21-11-14(24)3-6-17(21)25/h3-8,10-12,20,27,29H,1-2,9H2. The number of benzene rings is 2. The van der Waals surface area contributed by atoms with Crippen LogP contribution in [0.5, 0.6) is 0 Å². The zero-order valence-electron chi connectivity index (χ0n) is 17.0. The Bertz CT molecular complexity index is 1320. The van der Waals surface area contributed by atoms with Gasteiger partial charge in [-0.05, 0) is 61.4 Å². The Morgan fingerprint density at radius 2 is 1.79 bits per heavy atom. The summed E-state index contributed by atoms with van der Waals surface area (Å²) in [6, 6.07) is 12.0. The van der Waals surface area contributed by atoms with Crippen molar-refractivity contribution in [1.29, 1.82) is 0 Å². The fourth-order valence-electron chi connectivity index (χ4n) is 3.58. The maximum atomic E-state index is 13.2. The molecular formula is C22H18Cl3N3O4S. The van der Waals surface area contributed by atoms with Gasteiger partial charge in [-0.1, -0.05) is 34.8 Å².